The maximum absolute atomic E-state index is 11.7. The van der Waals surface area contributed by atoms with Gasteiger partial charge in [0.25, 0.3) is 5.91 Å². The molecule has 3 nitrogen and oxygen atoms in total. The Morgan fingerprint density at radius 1 is 1.33 bits per heavy atom. The van der Waals surface area contributed by atoms with Crippen molar-refractivity contribution in [2.45, 2.75) is 6.92 Å². The van der Waals surface area contributed by atoms with Crippen LogP contribution in [-0.4, -0.2) is 11.6 Å². The average Bonchev–Trinajstić information content (AvgIpc) is 2.89. The van der Waals surface area contributed by atoms with Gasteiger partial charge >= 0.3 is 0 Å². The normalized spacial score (nSPS) is 11.3. The Morgan fingerprint density at radius 3 is 2.83 bits per heavy atom. The number of nitrogens with one attached hydrogen (secondary N) is 1. The summed E-state index contributed by atoms with van der Waals surface area (Å²) >= 11 is 4.79. The molecule has 1 heterocycles. The van der Waals surface area contributed by atoms with Crippen molar-refractivity contribution in [2.75, 3.05) is 0 Å². The van der Waals surface area contributed by atoms with Crippen molar-refractivity contribution in [3.8, 4) is 0 Å². The predicted molar refractivity (Wildman–Crippen MR) is 78.1 cm³/mol. The molecule has 1 N–H and O–H groups in total. The summed E-state index contributed by atoms with van der Waals surface area (Å²) in [6.45, 7) is 1.86. The molecule has 2 rings (SSSR count). The van der Waals surface area contributed by atoms with Gasteiger partial charge in [0.1, 0.15) is 0 Å². The highest BCUT2D eigenvalue weighted by atomic mass is 79.9. The second-order valence-corrected chi connectivity index (χ2v) is 5.49. The first kappa shape index (κ1) is 13.0. The van der Waals surface area contributed by atoms with E-state index in [0.29, 0.717) is 4.88 Å². The van der Waals surface area contributed by atoms with Gasteiger partial charge in [0, 0.05) is 4.47 Å². The lowest BCUT2D eigenvalue weighted by atomic mass is 10.1. The van der Waals surface area contributed by atoms with Gasteiger partial charge in [-0.3, -0.25) is 4.79 Å². The molecule has 5 heteroatoms. The number of carbonyl (C=O) groups is 1. The predicted octanol–water partition coefficient (Wildman–Crippen LogP) is 3.66. The van der Waals surface area contributed by atoms with Crippen LogP contribution in [0.25, 0.3) is 0 Å². The highest BCUT2D eigenvalue weighted by molar-refractivity contribution is 9.10. The number of amides is 1. The Balaban J connectivity index is 2.08. The lowest BCUT2D eigenvalue weighted by Gasteiger charge is -2.02. The lowest BCUT2D eigenvalue weighted by Crippen LogP contribution is -2.18. The molecular formula is C13H11BrN2OS. The maximum Gasteiger partial charge on any atom is 0.281 e. The summed E-state index contributed by atoms with van der Waals surface area (Å²) in [6, 6.07) is 11.4. The molecule has 1 aromatic heterocycles. The van der Waals surface area contributed by atoms with Crippen molar-refractivity contribution in [1.82, 2.24) is 5.43 Å². The molecule has 18 heavy (non-hydrogen) atoms. The molecule has 0 fully saturated rings. The fourth-order valence-electron chi connectivity index (χ4n) is 1.38. The molecule has 0 radical (unpaired) electrons. The third kappa shape index (κ3) is 3.27. The van der Waals surface area contributed by atoms with Gasteiger partial charge < -0.3 is 0 Å². The number of halogens is 1. The van der Waals surface area contributed by atoms with Crippen LogP contribution in [0.2, 0.25) is 0 Å². The number of hydrogen-bond acceptors (Lipinski definition) is 3. The molecule has 92 valence electrons. The largest absolute Gasteiger partial charge is 0.281 e. The molecule has 0 unspecified atom stereocenters. The van der Waals surface area contributed by atoms with E-state index in [4.69, 9.17) is 0 Å². The number of carbonyl (C=O) groups excluding carboxylic acids is 1. The van der Waals surface area contributed by atoms with E-state index in [1.165, 1.54) is 11.3 Å². The summed E-state index contributed by atoms with van der Waals surface area (Å²) in [7, 11) is 0. The van der Waals surface area contributed by atoms with Crippen LogP contribution < -0.4 is 5.43 Å². The zero-order chi connectivity index (χ0) is 13.0. The quantitative estimate of drug-likeness (QED) is 0.680. The van der Waals surface area contributed by atoms with E-state index in [9.17, 15) is 4.79 Å². The fourth-order valence-corrected chi connectivity index (χ4v) is 2.39. The minimum Gasteiger partial charge on any atom is -0.266 e. The SMILES string of the molecule is C/C(=N\NC(=O)c1cccs1)c1cccc(Br)c1. The van der Waals surface area contributed by atoms with Gasteiger partial charge in [-0.1, -0.05) is 34.1 Å². The summed E-state index contributed by atoms with van der Waals surface area (Å²) in [5.41, 5.74) is 4.28. The highest BCUT2D eigenvalue weighted by Crippen LogP contribution is 2.12. The smallest absolute Gasteiger partial charge is 0.266 e. The Morgan fingerprint density at radius 2 is 2.17 bits per heavy atom. The monoisotopic (exact) mass is 322 g/mol. The van der Waals surface area contributed by atoms with Gasteiger partial charge in [0.05, 0.1) is 10.6 Å². The highest BCUT2D eigenvalue weighted by Gasteiger charge is 2.05. The molecule has 0 saturated heterocycles. The number of nitrogens with zero attached hydrogens (tertiary/aromatic N) is 1. The van der Waals surface area contributed by atoms with E-state index in [1.807, 2.05) is 42.6 Å². The second-order valence-electron chi connectivity index (χ2n) is 3.63. The number of hydrazone groups is 1. The van der Waals surface area contributed by atoms with Crippen molar-refractivity contribution >= 4 is 38.9 Å². The number of rotatable bonds is 3. The molecule has 0 bridgehead atoms. The van der Waals surface area contributed by atoms with Crippen LogP contribution >= 0.6 is 27.3 Å². The van der Waals surface area contributed by atoms with E-state index >= 15 is 0 Å². The molecule has 1 aromatic carbocycles. The number of benzene rings is 1. The molecule has 2 aromatic rings. The molecule has 0 atom stereocenters. The van der Waals surface area contributed by atoms with E-state index in [2.05, 4.69) is 26.5 Å². The fraction of sp³-hybridized carbons (Fsp3) is 0.0769. The van der Waals surface area contributed by atoms with Crippen molar-refractivity contribution in [2.24, 2.45) is 5.10 Å². The molecular weight excluding hydrogens is 312 g/mol. The molecule has 0 aliphatic carbocycles. The van der Waals surface area contributed by atoms with Gasteiger partial charge in [-0.15, -0.1) is 11.3 Å². The first-order chi connectivity index (χ1) is 8.66. The van der Waals surface area contributed by atoms with Gasteiger partial charge in [-0.2, -0.15) is 5.10 Å². The van der Waals surface area contributed by atoms with Crippen molar-refractivity contribution in [1.29, 1.82) is 0 Å². The van der Waals surface area contributed by atoms with Crippen LogP contribution in [0, 0.1) is 0 Å². The van der Waals surface area contributed by atoms with Crippen LogP contribution in [0.4, 0.5) is 0 Å². The maximum atomic E-state index is 11.7. The zero-order valence-corrected chi connectivity index (χ0v) is 12.1. The van der Waals surface area contributed by atoms with E-state index < -0.39 is 0 Å². The first-order valence-electron chi connectivity index (χ1n) is 5.31. The first-order valence-corrected chi connectivity index (χ1v) is 6.98. The van der Waals surface area contributed by atoms with Crippen LogP contribution in [0.3, 0.4) is 0 Å². The van der Waals surface area contributed by atoms with Crippen molar-refractivity contribution in [3.05, 3.63) is 56.7 Å². The molecule has 0 saturated carbocycles. The van der Waals surface area contributed by atoms with E-state index in [-0.39, 0.29) is 5.91 Å². The molecule has 1 amide bonds. The topological polar surface area (TPSA) is 41.5 Å². The third-order valence-corrected chi connectivity index (χ3v) is 3.67. The summed E-state index contributed by atoms with van der Waals surface area (Å²) in [5, 5.41) is 5.96. The Kier molecular flexibility index (Phi) is 4.28. The van der Waals surface area contributed by atoms with Crippen LogP contribution in [0.5, 0.6) is 0 Å². The number of hydrogen-bond donors (Lipinski definition) is 1. The van der Waals surface area contributed by atoms with Crippen molar-refractivity contribution < 1.29 is 4.79 Å². The van der Waals surface area contributed by atoms with Crippen LogP contribution in [0.1, 0.15) is 22.2 Å². The minimum atomic E-state index is -0.181. The number of thiophene rings is 1. The Hall–Kier alpha value is -1.46. The van der Waals surface area contributed by atoms with Gasteiger partial charge in [0.2, 0.25) is 0 Å². The Bertz CT molecular complexity index is 578. The van der Waals surface area contributed by atoms with Gasteiger partial charge in [-0.25, -0.2) is 5.43 Å². The summed E-state index contributed by atoms with van der Waals surface area (Å²) in [5.74, 6) is -0.181. The molecule has 0 spiro atoms. The zero-order valence-electron chi connectivity index (χ0n) is 9.68. The summed E-state index contributed by atoms with van der Waals surface area (Å²) in [6.07, 6.45) is 0. The van der Waals surface area contributed by atoms with Gasteiger partial charge in [0.15, 0.2) is 0 Å². The minimum absolute atomic E-state index is 0.181. The molecule has 0 aliphatic rings. The Labute approximate surface area is 118 Å². The summed E-state index contributed by atoms with van der Waals surface area (Å²) in [4.78, 5) is 12.3. The second kappa shape index (κ2) is 5.93. The van der Waals surface area contributed by atoms with Crippen LogP contribution in [-0.2, 0) is 0 Å². The summed E-state index contributed by atoms with van der Waals surface area (Å²) < 4.78 is 0.985. The van der Waals surface area contributed by atoms with Crippen LogP contribution in [0.15, 0.2) is 51.4 Å². The average molecular weight is 323 g/mol. The van der Waals surface area contributed by atoms with E-state index in [1.54, 1.807) is 6.07 Å². The van der Waals surface area contributed by atoms with Gasteiger partial charge in [-0.05, 0) is 36.1 Å². The third-order valence-electron chi connectivity index (χ3n) is 2.31. The van der Waals surface area contributed by atoms with E-state index in [0.717, 1.165) is 15.7 Å². The lowest BCUT2D eigenvalue weighted by molar-refractivity contribution is 0.0959. The van der Waals surface area contributed by atoms with Crippen molar-refractivity contribution in [3.63, 3.8) is 0 Å². The standard InChI is InChI=1S/C13H11BrN2OS/c1-9(10-4-2-5-11(14)8-10)15-16-13(17)12-6-3-7-18-12/h2-8H,1H3,(H,16,17)/b15-9+. The molecule has 0 aliphatic heterocycles.